The fourth-order valence-electron chi connectivity index (χ4n) is 8.47. The zero-order valence-corrected chi connectivity index (χ0v) is 23.2. The van der Waals surface area contributed by atoms with Crippen molar-refractivity contribution in [1.29, 1.82) is 10.5 Å². The molecule has 0 bridgehead atoms. The Labute approximate surface area is 236 Å². The van der Waals surface area contributed by atoms with Crippen molar-refractivity contribution in [2.75, 3.05) is 61.4 Å². The fourth-order valence-corrected chi connectivity index (χ4v) is 9.61. The zero-order chi connectivity index (χ0) is 27.3. The second-order valence-corrected chi connectivity index (χ2v) is 14.1. The lowest BCUT2D eigenvalue weighted by molar-refractivity contribution is 0.107. The van der Waals surface area contributed by atoms with Crippen LogP contribution in [0.25, 0.3) is 0 Å². The molecular formula is C28H32FN9OS. The Balaban J connectivity index is 1.07. The molecule has 12 heteroatoms. The Hall–Kier alpha value is -3.22. The van der Waals surface area contributed by atoms with Crippen molar-refractivity contribution >= 4 is 28.2 Å². The van der Waals surface area contributed by atoms with Crippen molar-refractivity contribution in [3.63, 3.8) is 0 Å². The first kappa shape index (κ1) is 24.6. The maximum absolute atomic E-state index is 14.4. The SMILES string of the molecule is N#CCC12CC1CN(c1nc(OC[C@@]34CCCN3C[C@H](F)C4)nc(N3CC4(CCc5sc(N)c(C#N)c54)C3)n1)C2. The molecule has 0 aromatic carbocycles. The summed E-state index contributed by atoms with van der Waals surface area (Å²) < 4.78 is 20.6. The van der Waals surface area contributed by atoms with E-state index in [1.54, 1.807) is 11.3 Å². The number of nitrogen functional groups attached to an aromatic ring is 1. The maximum Gasteiger partial charge on any atom is 0.323 e. The number of alkyl halides is 1. The highest BCUT2D eigenvalue weighted by Crippen LogP contribution is 2.60. The minimum Gasteiger partial charge on any atom is -0.461 e. The summed E-state index contributed by atoms with van der Waals surface area (Å²) in [4.78, 5) is 22.2. The van der Waals surface area contributed by atoms with E-state index in [4.69, 9.17) is 25.4 Å². The van der Waals surface area contributed by atoms with E-state index in [0.717, 1.165) is 70.4 Å². The van der Waals surface area contributed by atoms with Crippen LogP contribution in [0.5, 0.6) is 6.01 Å². The Morgan fingerprint density at radius 3 is 2.70 bits per heavy atom. The summed E-state index contributed by atoms with van der Waals surface area (Å²) in [6.45, 7) is 4.78. The van der Waals surface area contributed by atoms with E-state index in [2.05, 4.69) is 26.8 Å². The predicted octanol–water partition coefficient (Wildman–Crippen LogP) is 2.79. The second kappa shape index (κ2) is 8.40. The van der Waals surface area contributed by atoms with Gasteiger partial charge in [0.15, 0.2) is 0 Å². The quantitative estimate of drug-likeness (QED) is 0.562. The van der Waals surface area contributed by atoms with E-state index >= 15 is 0 Å². The Morgan fingerprint density at radius 2 is 1.90 bits per heavy atom. The normalized spacial score (nSPS) is 32.9. The number of ether oxygens (including phenoxy) is 1. The fraction of sp³-hybridized carbons (Fsp3) is 0.679. The standard InChI is InChI=1S/C28H32FN9OS/c29-18-9-28(3-1-7-38(28)12-18)16-39-25-34-23(36-11-17-8-26(17,13-36)5-6-30)33-24(35-25)37-14-27(15-37)4-2-20-21(27)19(10-31)22(32)40-20/h17-18H,1-5,7-9,11-16,32H2/t17?,18-,26?,28+/m1/s1. The van der Waals surface area contributed by atoms with Gasteiger partial charge in [-0.15, -0.1) is 11.3 Å². The molecule has 0 amide bonds. The number of hydrogen-bond donors (Lipinski definition) is 1. The third-order valence-corrected chi connectivity index (χ3v) is 11.7. The van der Waals surface area contributed by atoms with E-state index < -0.39 is 6.17 Å². The Kier molecular flexibility index (Phi) is 5.16. The molecule has 1 spiro atoms. The molecule has 10 nitrogen and oxygen atoms in total. The van der Waals surface area contributed by atoms with Gasteiger partial charge in [0, 0.05) is 61.3 Å². The zero-order valence-electron chi connectivity index (χ0n) is 22.4. The summed E-state index contributed by atoms with van der Waals surface area (Å²) in [5.41, 5.74) is 7.61. The highest BCUT2D eigenvalue weighted by molar-refractivity contribution is 7.16. The van der Waals surface area contributed by atoms with E-state index in [1.165, 1.54) is 4.88 Å². The molecule has 2 N–H and O–H groups in total. The van der Waals surface area contributed by atoms with Gasteiger partial charge in [-0.1, -0.05) is 0 Å². The number of nitrogens with zero attached hydrogens (tertiary/aromatic N) is 8. The summed E-state index contributed by atoms with van der Waals surface area (Å²) in [7, 11) is 0. The number of halogens is 1. The minimum absolute atomic E-state index is 0.0551. The topological polar surface area (TPSA) is 131 Å². The summed E-state index contributed by atoms with van der Waals surface area (Å²) in [5, 5.41) is 19.7. The van der Waals surface area contributed by atoms with Crippen LogP contribution in [0.15, 0.2) is 0 Å². The highest BCUT2D eigenvalue weighted by atomic mass is 32.1. The number of thiophene rings is 1. The van der Waals surface area contributed by atoms with Crippen LogP contribution in [0.2, 0.25) is 0 Å². The van der Waals surface area contributed by atoms with Gasteiger partial charge >= 0.3 is 6.01 Å². The predicted molar refractivity (Wildman–Crippen MR) is 147 cm³/mol. The number of rotatable bonds is 6. The van der Waals surface area contributed by atoms with Crippen molar-refractivity contribution in [2.45, 2.75) is 62.1 Å². The number of nitriles is 2. The van der Waals surface area contributed by atoms with Crippen molar-refractivity contribution < 1.29 is 9.13 Å². The smallest absolute Gasteiger partial charge is 0.323 e. The molecule has 2 aromatic heterocycles. The molecule has 6 aliphatic rings. The summed E-state index contributed by atoms with van der Waals surface area (Å²) in [6.07, 6.45) is 5.22. The lowest BCUT2D eigenvalue weighted by atomic mass is 9.74. The molecule has 0 radical (unpaired) electrons. The average molecular weight is 562 g/mol. The van der Waals surface area contributed by atoms with Crippen molar-refractivity contribution in [3.05, 3.63) is 16.0 Å². The lowest BCUT2D eigenvalue weighted by Gasteiger charge is -2.48. The summed E-state index contributed by atoms with van der Waals surface area (Å²) in [5.74, 6) is 1.66. The van der Waals surface area contributed by atoms with Crippen LogP contribution in [0.4, 0.5) is 21.3 Å². The summed E-state index contributed by atoms with van der Waals surface area (Å²) >= 11 is 1.55. The van der Waals surface area contributed by atoms with Crippen LogP contribution in [-0.2, 0) is 11.8 Å². The molecule has 6 heterocycles. The van der Waals surface area contributed by atoms with Gasteiger partial charge in [0.05, 0.1) is 17.2 Å². The average Bonchev–Trinajstić information content (AvgIpc) is 3.41. The number of hydrogen-bond acceptors (Lipinski definition) is 11. The van der Waals surface area contributed by atoms with Crippen LogP contribution < -0.4 is 20.3 Å². The van der Waals surface area contributed by atoms with Crippen LogP contribution in [0.1, 0.15) is 54.5 Å². The molecule has 2 aromatic rings. The van der Waals surface area contributed by atoms with Crippen molar-refractivity contribution in [1.82, 2.24) is 19.9 Å². The van der Waals surface area contributed by atoms with Gasteiger partial charge < -0.3 is 20.3 Å². The molecule has 4 atom stereocenters. The van der Waals surface area contributed by atoms with Gasteiger partial charge in [-0.25, -0.2) is 4.39 Å². The number of anilines is 3. The van der Waals surface area contributed by atoms with Crippen LogP contribution in [0, 0.1) is 34.0 Å². The van der Waals surface area contributed by atoms with E-state index in [-0.39, 0.29) is 22.4 Å². The largest absolute Gasteiger partial charge is 0.461 e. The number of fused-ring (bicyclic) bond motifs is 4. The molecular weight excluding hydrogens is 529 g/mol. The molecule has 208 valence electrons. The number of aromatic nitrogens is 3. The molecule has 4 aliphatic heterocycles. The second-order valence-electron chi connectivity index (χ2n) is 12.9. The van der Waals surface area contributed by atoms with Crippen molar-refractivity contribution in [3.8, 4) is 18.1 Å². The minimum atomic E-state index is -0.820. The van der Waals surface area contributed by atoms with Gasteiger partial charge in [-0.05, 0) is 50.1 Å². The third kappa shape index (κ3) is 3.48. The maximum atomic E-state index is 14.4. The summed E-state index contributed by atoms with van der Waals surface area (Å²) in [6, 6.07) is 4.99. The molecule has 40 heavy (non-hydrogen) atoms. The molecule has 1 saturated carbocycles. The van der Waals surface area contributed by atoms with Crippen molar-refractivity contribution in [2.24, 2.45) is 11.3 Å². The van der Waals surface area contributed by atoms with Crippen LogP contribution in [0.3, 0.4) is 0 Å². The van der Waals surface area contributed by atoms with Gasteiger partial charge in [0.2, 0.25) is 11.9 Å². The Morgan fingerprint density at radius 1 is 1.07 bits per heavy atom. The number of nitrogens with two attached hydrogens (primary N) is 1. The van der Waals surface area contributed by atoms with Gasteiger partial charge in [-0.2, -0.15) is 25.5 Å². The van der Waals surface area contributed by atoms with Gasteiger partial charge in [0.1, 0.15) is 23.8 Å². The third-order valence-electron chi connectivity index (χ3n) is 10.6. The lowest BCUT2D eigenvalue weighted by Crippen LogP contribution is -2.59. The monoisotopic (exact) mass is 561 g/mol. The molecule has 4 saturated heterocycles. The molecule has 8 rings (SSSR count). The van der Waals surface area contributed by atoms with Crippen LogP contribution >= 0.6 is 11.3 Å². The first-order valence-electron chi connectivity index (χ1n) is 14.3. The highest BCUT2D eigenvalue weighted by Gasteiger charge is 2.60. The Bertz CT molecular complexity index is 1480. The molecule has 2 aliphatic carbocycles. The van der Waals surface area contributed by atoms with E-state index in [9.17, 15) is 14.9 Å². The number of piperidine rings is 1. The number of aryl methyl sites for hydroxylation is 1. The van der Waals surface area contributed by atoms with E-state index in [1.807, 2.05) is 0 Å². The van der Waals surface area contributed by atoms with Gasteiger partial charge in [-0.3, -0.25) is 4.90 Å². The van der Waals surface area contributed by atoms with Crippen LogP contribution in [-0.4, -0.2) is 77.4 Å². The first-order valence-corrected chi connectivity index (χ1v) is 15.1. The first-order chi connectivity index (χ1) is 19.4. The molecule has 2 unspecified atom stereocenters. The van der Waals surface area contributed by atoms with Gasteiger partial charge in [0.25, 0.3) is 0 Å². The van der Waals surface area contributed by atoms with E-state index in [0.29, 0.717) is 54.4 Å². The molecule has 5 fully saturated rings.